The van der Waals surface area contributed by atoms with Crippen molar-refractivity contribution in [3.8, 4) is 6.07 Å². The first-order valence-electron chi connectivity index (χ1n) is 8.22. The molecule has 2 unspecified atom stereocenters. The lowest BCUT2D eigenvalue weighted by Crippen LogP contribution is -2.48. The molecular formula is C18H20N4O2. The minimum absolute atomic E-state index is 0.00197. The predicted octanol–water partition coefficient (Wildman–Crippen LogP) is 2.10. The number of hydrogen-bond donors (Lipinski definition) is 3. The predicted molar refractivity (Wildman–Crippen MR) is 90.1 cm³/mol. The summed E-state index contributed by atoms with van der Waals surface area (Å²) >= 11 is 0. The molecule has 2 aromatic rings. The number of amides is 2. The maximum absolute atomic E-state index is 12.5. The van der Waals surface area contributed by atoms with Gasteiger partial charge in [-0.1, -0.05) is 31.0 Å². The van der Waals surface area contributed by atoms with Gasteiger partial charge in [-0.25, -0.2) is 0 Å². The molecular weight excluding hydrogens is 304 g/mol. The molecule has 1 aromatic carbocycles. The van der Waals surface area contributed by atoms with Gasteiger partial charge in [0.05, 0.1) is 12.0 Å². The van der Waals surface area contributed by atoms with Crippen molar-refractivity contribution in [3.05, 3.63) is 36.0 Å². The van der Waals surface area contributed by atoms with Crippen LogP contribution in [0, 0.1) is 17.2 Å². The summed E-state index contributed by atoms with van der Waals surface area (Å²) in [6.07, 6.45) is 3.45. The first-order chi connectivity index (χ1) is 11.7. The number of aromatic nitrogens is 1. The normalized spacial score (nSPS) is 20.3. The smallest absolute Gasteiger partial charge is 0.267 e. The number of nitriles is 1. The van der Waals surface area contributed by atoms with E-state index in [0.29, 0.717) is 5.69 Å². The number of carbonyl (C=O) groups is 2. The second-order valence-electron chi connectivity index (χ2n) is 6.12. The molecule has 0 aliphatic heterocycles. The average Bonchev–Trinajstić information content (AvgIpc) is 3.04. The minimum Gasteiger partial charge on any atom is -0.351 e. The second kappa shape index (κ2) is 7.18. The molecule has 24 heavy (non-hydrogen) atoms. The summed E-state index contributed by atoms with van der Waals surface area (Å²) in [7, 11) is 0. The topological polar surface area (TPSA) is 97.8 Å². The molecule has 6 heteroatoms. The Bertz CT molecular complexity index is 757. The summed E-state index contributed by atoms with van der Waals surface area (Å²) in [4.78, 5) is 27.9. The van der Waals surface area contributed by atoms with Crippen LogP contribution in [0.25, 0.3) is 10.9 Å². The SMILES string of the molecule is N#CCNC(=O)C1CCCCC1NC(=O)c1cc2ccccc2[nH]1. The summed E-state index contributed by atoms with van der Waals surface area (Å²) in [5.74, 6) is -0.630. The molecule has 1 aromatic heterocycles. The summed E-state index contributed by atoms with van der Waals surface area (Å²) in [5.41, 5.74) is 1.41. The first kappa shape index (κ1) is 16.1. The molecule has 1 fully saturated rings. The van der Waals surface area contributed by atoms with Gasteiger partial charge in [0, 0.05) is 16.9 Å². The number of para-hydroxylation sites is 1. The van der Waals surface area contributed by atoms with Crippen molar-refractivity contribution in [2.45, 2.75) is 31.7 Å². The fraction of sp³-hybridized carbons (Fsp3) is 0.389. The van der Waals surface area contributed by atoms with Gasteiger partial charge in [0.25, 0.3) is 5.91 Å². The van der Waals surface area contributed by atoms with Crippen LogP contribution in [0.1, 0.15) is 36.2 Å². The number of aromatic amines is 1. The number of rotatable bonds is 4. The van der Waals surface area contributed by atoms with Gasteiger partial charge in [0.15, 0.2) is 0 Å². The van der Waals surface area contributed by atoms with Crippen molar-refractivity contribution in [1.82, 2.24) is 15.6 Å². The molecule has 2 atom stereocenters. The fourth-order valence-corrected chi connectivity index (χ4v) is 3.32. The van der Waals surface area contributed by atoms with E-state index in [4.69, 9.17) is 5.26 Å². The Balaban J connectivity index is 1.71. The number of hydrogen-bond acceptors (Lipinski definition) is 3. The molecule has 0 spiro atoms. The monoisotopic (exact) mass is 324 g/mol. The summed E-state index contributed by atoms with van der Waals surface area (Å²) in [6, 6.07) is 11.2. The van der Waals surface area contributed by atoms with Gasteiger partial charge in [-0.2, -0.15) is 5.26 Å². The van der Waals surface area contributed by atoms with E-state index in [2.05, 4.69) is 15.6 Å². The van der Waals surface area contributed by atoms with E-state index in [1.54, 1.807) is 0 Å². The second-order valence-corrected chi connectivity index (χ2v) is 6.12. The van der Waals surface area contributed by atoms with Crippen LogP contribution >= 0.6 is 0 Å². The molecule has 2 amide bonds. The highest BCUT2D eigenvalue weighted by Gasteiger charge is 2.32. The Labute approximate surface area is 140 Å². The lowest BCUT2D eigenvalue weighted by atomic mass is 9.83. The van der Waals surface area contributed by atoms with E-state index in [-0.39, 0.29) is 30.3 Å². The molecule has 1 heterocycles. The van der Waals surface area contributed by atoms with Crippen LogP contribution in [0.5, 0.6) is 0 Å². The number of H-pyrrole nitrogens is 1. The van der Waals surface area contributed by atoms with Gasteiger partial charge >= 0.3 is 0 Å². The maximum atomic E-state index is 12.5. The zero-order chi connectivity index (χ0) is 16.9. The van der Waals surface area contributed by atoms with Crippen molar-refractivity contribution in [3.63, 3.8) is 0 Å². The first-order valence-corrected chi connectivity index (χ1v) is 8.22. The van der Waals surface area contributed by atoms with Gasteiger partial charge in [-0.3, -0.25) is 9.59 Å². The highest BCUT2D eigenvalue weighted by molar-refractivity contribution is 5.98. The fourth-order valence-electron chi connectivity index (χ4n) is 3.32. The number of benzene rings is 1. The van der Waals surface area contributed by atoms with Crippen LogP contribution < -0.4 is 10.6 Å². The Morgan fingerprint density at radius 2 is 2.04 bits per heavy atom. The molecule has 1 aliphatic rings. The van der Waals surface area contributed by atoms with E-state index in [0.717, 1.165) is 36.6 Å². The quantitative estimate of drug-likeness (QED) is 0.751. The van der Waals surface area contributed by atoms with Crippen molar-refractivity contribution in [1.29, 1.82) is 5.26 Å². The summed E-state index contributed by atoms with van der Waals surface area (Å²) in [5, 5.41) is 15.2. The highest BCUT2D eigenvalue weighted by atomic mass is 16.2. The Kier molecular flexibility index (Phi) is 4.80. The standard InChI is InChI=1S/C18H20N4O2/c19-9-10-20-17(23)13-6-2-4-8-15(13)22-18(24)16-11-12-5-1-3-7-14(12)21-16/h1,3,5,7,11,13,15,21H,2,4,6,8,10H2,(H,20,23)(H,22,24). The molecule has 124 valence electrons. The van der Waals surface area contributed by atoms with Crippen LogP contribution in [-0.2, 0) is 4.79 Å². The van der Waals surface area contributed by atoms with Crippen LogP contribution in [0.15, 0.2) is 30.3 Å². The van der Waals surface area contributed by atoms with Gasteiger partial charge < -0.3 is 15.6 Å². The lowest BCUT2D eigenvalue weighted by Gasteiger charge is -2.30. The number of fused-ring (bicyclic) bond motifs is 1. The lowest BCUT2D eigenvalue weighted by molar-refractivity contribution is -0.126. The van der Waals surface area contributed by atoms with E-state index in [1.165, 1.54) is 0 Å². The zero-order valence-electron chi connectivity index (χ0n) is 13.3. The molecule has 0 bridgehead atoms. The maximum Gasteiger partial charge on any atom is 0.267 e. The van der Waals surface area contributed by atoms with Crippen molar-refractivity contribution < 1.29 is 9.59 Å². The van der Waals surface area contributed by atoms with Gasteiger partial charge in [0.1, 0.15) is 12.2 Å². The number of nitrogens with zero attached hydrogens (tertiary/aromatic N) is 1. The third kappa shape index (κ3) is 3.40. The van der Waals surface area contributed by atoms with Crippen LogP contribution in [-0.4, -0.2) is 29.4 Å². The van der Waals surface area contributed by atoms with Crippen molar-refractivity contribution in [2.24, 2.45) is 5.92 Å². The van der Waals surface area contributed by atoms with Crippen LogP contribution in [0.4, 0.5) is 0 Å². The Hall–Kier alpha value is -2.81. The summed E-state index contributed by atoms with van der Waals surface area (Å²) in [6.45, 7) is -0.00197. The Morgan fingerprint density at radius 1 is 1.25 bits per heavy atom. The van der Waals surface area contributed by atoms with Crippen LogP contribution in [0.2, 0.25) is 0 Å². The summed E-state index contributed by atoms with van der Waals surface area (Å²) < 4.78 is 0. The Morgan fingerprint density at radius 3 is 2.83 bits per heavy atom. The molecule has 0 radical (unpaired) electrons. The third-order valence-electron chi connectivity index (χ3n) is 4.54. The van der Waals surface area contributed by atoms with E-state index < -0.39 is 0 Å². The largest absolute Gasteiger partial charge is 0.351 e. The van der Waals surface area contributed by atoms with Crippen LogP contribution in [0.3, 0.4) is 0 Å². The third-order valence-corrected chi connectivity index (χ3v) is 4.54. The van der Waals surface area contributed by atoms with Gasteiger partial charge in [-0.05, 0) is 25.0 Å². The van der Waals surface area contributed by atoms with E-state index in [9.17, 15) is 9.59 Å². The average molecular weight is 324 g/mol. The number of nitrogens with one attached hydrogen (secondary N) is 3. The van der Waals surface area contributed by atoms with Gasteiger partial charge in [0.2, 0.25) is 5.91 Å². The molecule has 1 saturated carbocycles. The molecule has 3 rings (SSSR count). The van der Waals surface area contributed by atoms with E-state index in [1.807, 2.05) is 36.4 Å². The van der Waals surface area contributed by atoms with Crippen molar-refractivity contribution in [2.75, 3.05) is 6.54 Å². The van der Waals surface area contributed by atoms with Crippen molar-refractivity contribution >= 4 is 22.7 Å². The molecule has 3 N–H and O–H groups in total. The minimum atomic E-state index is -0.277. The molecule has 0 saturated heterocycles. The van der Waals surface area contributed by atoms with Gasteiger partial charge in [-0.15, -0.1) is 0 Å². The van der Waals surface area contributed by atoms with E-state index >= 15 is 0 Å². The number of carbonyl (C=O) groups excluding carboxylic acids is 2. The molecule has 6 nitrogen and oxygen atoms in total. The molecule has 1 aliphatic carbocycles. The zero-order valence-corrected chi connectivity index (χ0v) is 13.3. The highest BCUT2D eigenvalue weighted by Crippen LogP contribution is 2.25.